The number of ether oxygens (including phenoxy) is 2. The van der Waals surface area contributed by atoms with E-state index < -0.39 is 35.1 Å². The summed E-state index contributed by atoms with van der Waals surface area (Å²) in [6.45, 7) is 0. The third-order valence-corrected chi connectivity index (χ3v) is 4.40. The molecular weight excluding hydrogens is 337 g/mol. The number of hydrogen-bond donors (Lipinski definition) is 2. The second-order valence-electron chi connectivity index (χ2n) is 4.71. The number of alkyl halides is 2. The normalized spacial score (nSPS) is 13.1. The van der Waals surface area contributed by atoms with Crippen LogP contribution in [0.15, 0.2) is 12.1 Å². The van der Waals surface area contributed by atoms with Crippen molar-refractivity contribution in [3.8, 4) is 11.5 Å². The molecule has 23 heavy (non-hydrogen) atoms. The van der Waals surface area contributed by atoms with E-state index in [1.165, 1.54) is 20.3 Å². The van der Waals surface area contributed by atoms with Crippen LogP contribution in [0.1, 0.15) is 11.3 Å². The van der Waals surface area contributed by atoms with Crippen molar-refractivity contribution in [2.75, 3.05) is 14.2 Å². The molecule has 1 aromatic carbocycles. The molecule has 2 rings (SSSR count). The van der Waals surface area contributed by atoms with Crippen LogP contribution >= 0.6 is 11.3 Å². The number of aliphatic hydroxyl groups excluding tert-OH is 1. The maximum atomic E-state index is 14.3. The summed E-state index contributed by atoms with van der Waals surface area (Å²) in [6.07, 6.45) is -3.52. The summed E-state index contributed by atoms with van der Waals surface area (Å²) >= 11 is 0.591. The van der Waals surface area contributed by atoms with E-state index in [0.29, 0.717) is 11.3 Å². The van der Waals surface area contributed by atoms with Crippen molar-refractivity contribution >= 4 is 27.4 Å². The van der Waals surface area contributed by atoms with E-state index in [1.54, 1.807) is 0 Å². The van der Waals surface area contributed by atoms with E-state index in [4.69, 9.17) is 19.7 Å². The number of aliphatic carboxylic acids is 1. The van der Waals surface area contributed by atoms with Gasteiger partial charge in [-0.25, -0.2) is 18.0 Å². The van der Waals surface area contributed by atoms with Crippen molar-refractivity contribution in [1.29, 1.82) is 0 Å². The Labute approximate surface area is 132 Å². The van der Waals surface area contributed by atoms with Crippen molar-refractivity contribution in [1.82, 2.24) is 0 Å². The monoisotopic (exact) mass is 350 g/mol. The lowest BCUT2D eigenvalue weighted by Crippen LogP contribution is -2.27. The van der Waals surface area contributed by atoms with Gasteiger partial charge in [0.25, 0.3) is 5.92 Å². The van der Waals surface area contributed by atoms with E-state index >= 15 is 0 Å². The molecule has 1 heterocycles. The topological polar surface area (TPSA) is 76.0 Å². The molecule has 5 nitrogen and oxygen atoms in total. The summed E-state index contributed by atoms with van der Waals surface area (Å²) in [5.41, 5.74) is 0. The largest absolute Gasteiger partial charge is 0.493 e. The molecule has 0 fully saturated rings. The molecule has 0 radical (unpaired) electrons. The Balaban J connectivity index is 2.51. The number of benzene rings is 1. The van der Waals surface area contributed by atoms with Gasteiger partial charge in [0.15, 0.2) is 23.4 Å². The van der Waals surface area contributed by atoms with Crippen molar-refractivity contribution in [3.63, 3.8) is 0 Å². The van der Waals surface area contributed by atoms with Crippen LogP contribution in [0.4, 0.5) is 13.2 Å². The number of fused-ring (bicyclic) bond motifs is 1. The number of carboxylic acids is 1. The third-order valence-electron chi connectivity index (χ3n) is 3.20. The van der Waals surface area contributed by atoms with Gasteiger partial charge in [-0.2, -0.15) is 0 Å². The molecule has 0 bridgehead atoms. The first-order valence-electron chi connectivity index (χ1n) is 6.34. The molecule has 1 aromatic heterocycles. The summed E-state index contributed by atoms with van der Waals surface area (Å²) in [7, 11) is 2.51. The summed E-state index contributed by atoms with van der Waals surface area (Å²) in [6, 6.07) is 2.28. The Morgan fingerprint density at radius 1 is 1.35 bits per heavy atom. The molecule has 0 unspecified atom stereocenters. The summed E-state index contributed by atoms with van der Waals surface area (Å²) in [5, 5.41) is 17.6. The van der Waals surface area contributed by atoms with Crippen molar-refractivity contribution in [2.45, 2.75) is 18.4 Å². The second kappa shape index (κ2) is 6.25. The maximum Gasteiger partial charge on any atom is 0.332 e. The van der Waals surface area contributed by atoms with E-state index in [-0.39, 0.29) is 21.6 Å². The average molecular weight is 350 g/mol. The molecular formula is C14H13F3O5S. The quantitative estimate of drug-likeness (QED) is 0.838. The molecule has 0 aliphatic rings. The maximum absolute atomic E-state index is 14.3. The van der Waals surface area contributed by atoms with Gasteiger partial charge in [-0.15, -0.1) is 11.3 Å². The van der Waals surface area contributed by atoms with Gasteiger partial charge in [-0.3, -0.25) is 0 Å². The van der Waals surface area contributed by atoms with Gasteiger partial charge in [0.2, 0.25) is 0 Å². The summed E-state index contributed by atoms with van der Waals surface area (Å²) < 4.78 is 52.5. The van der Waals surface area contributed by atoms with Gasteiger partial charge < -0.3 is 19.7 Å². The van der Waals surface area contributed by atoms with Gasteiger partial charge in [0.1, 0.15) is 0 Å². The minimum absolute atomic E-state index is 0.0554. The van der Waals surface area contributed by atoms with Crippen LogP contribution in [0.25, 0.3) is 10.1 Å². The smallest absolute Gasteiger partial charge is 0.332 e. The fourth-order valence-corrected chi connectivity index (χ4v) is 3.12. The van der Waals surface area contributed by atoms with Crippen molar-refractivity contribution < 1.29 is 37.7 Å². The molecule has 0 aliphatic carbocycles. The number of aliphatic hydroxyl groups is 1. The van der Waals surface area contributed by atoms with Crippen molar-refractivity contribution in [3.05, 3.63) is 22.8 Å². The van der Waals surface area contributed by atoms with Crippen LogP contribution in [0, 0.1) is 5.82 Å². The minimum Gasteiger partial charge on any atom is -0.493 e. The highest BCUT2D eigenvalue weighted by molar-refractivity contribution is 7.19. The third kappa shape index (κ3) is 3.20. The SMILES string of the molecule is COc1cc2sc(C(F)(F)C[C@H](O)C(=O)O)cc2c(F)c1OC. The Morgan fingerprint density at radius 2 is 2.00 bits per heavy atom. The highest BCUT2D eigenvalue weighted by atomic mass is 32.1. The summed E-state index contributed by atoms with van der Waals surface area (Å²) in [4.78, 5) is 9.97. The molecule has 0 saturated carbocycles. The number of hydrogen-bond acceptors (Lipinski definition) is 5. The number of carboxylic acid groups (broad SMARTS) is 1. The number of methoxy groups -OCH3 is 2. The van der Waals surface area contributed by atoms with Crippen LogP contribution in [0.5, 0.6) is 11.5 Å². The Kier molecular flexibility index (Phi) is 4.71. The lowest BCUT2D eigenvalue weighted by molar-refractivity contribution is -0.152. The van der Waals surface area contributed by atoms with Gasteiger partial charge in [-0.05, 0) is 6.07 Å². The highest BCUT2D eigenvalue weighted by Gasteiger charge is 2.39. The van der Waals surface area contributed by atoms with E-state index in [1.807, 2.05) is 0 Å². The minimum atomic E-state index is -3.62. The molecule has 0 saturated heterocycles. The van der Waals surface area contributed by atoms with Gasteiger partial charge in [0.05, 0.1) is 25.5 Å². The lowest BCUT2D eigenvalue weighted by atomic mass is 10.1. The molecule has 9 heteroatoms. The van der Waals surface area contributed by atoms with Crippen LogP contribution in [0.3, 0.4) is 0 Å². The molecule has 2 N–H and O–H groups in total. The zero-order valence-corrected chi connectivity index (χ0v) is 12.9. The number of halogens is 3. The standard InChI is InChI=1S/C14H13F3O5S/c1-21-8-4-9-6(11(15)12(8)22-2)3-10(23-9)14(16,17)5-7(18)13(19)20/h3-4,7,18H,5H2,1-2H3,(H,19,20)/t7-/m0/s1. The highest BCUT2D eigenvalue weighted by Crippen LogP contribution is 2.44. The molecule has 0 aliphatic heterocycles. The van der Waals surface area contributed by atoms with Crippen molar-refractivity contribution in [2.24, 2.45) is 0 Å². The van der Waals surface area contributed by atoms with Crippen LogP contribution in [0.2, 0.25) is 0 Å². The Bertz CT molecular complexity index is 744. The fraction of sp³-hybridized carbons (Fsp3) is 0.357. The Hall–Kier alpha value is -2.00. The van der Waals surface area contributed by atoms with E-state index in [0.717, 1.165) is 6.07 Å². The van der Waals surface area contributed by atoms with Gasteiger partial charge >= 0.3 is 5.97 Å². The second-order valence-corrected chi connectivity index (χ2v) is 5.79. The average Bonchev–Trinajstić information content (AvgIpc) is 2.91. The predicted molar refractivity (Wildman–Crippen MR) is 77.0 cm³/mol. The molecule has 1 atom stereocenters. The van der Waals surface area contributed by atoms with E-state index in [2.05, 4.69) is 0 Å². The number of thiophene rings is 1. The van der Waals surface area contributed by atoms with Gasteiger partial charge in [-0.1, -0.05) is 0 Å². The van der Waals surface area contributed by atoms with E-state index in [9.17, 15) is 18.0 Å². The first kappa shape index (κ1) is 17.4. The predicted octanol–water partition coefficient (Wildman–Crippen LogP) is 2.99. The first-order valence-corrected chi connectivity index (χ1v) is 7.16. The summed E-state index contributed by atoms with van der Waals surface area (Å²) in [5.74, 6) is -6.37. The van der Waals surface area contributed by atoms with Crippen LogP contribution in [-0.4, -0.2) is 36.5 Å². The zero-order valence-electron chi connectivity index (χ0n) is 12.1. The Morgan fingerprint density at radius 3 is 2.52 bits per heavy atom. The first-order chi connectivity index (χ1) is 10.7. The molecule has 0 spiro atoms. The lowest BCUT2D eigenvalue weighted by Gasteiger charge is -2.16. The number of rotatable bonds is 6. The zero-order chi connectivity index (χ0) is 17.4. The van der Waals surface area contributed by atoms with Gasteiger partial charge in [0, 0.05) is 16.2 Å². The fourth-order valence-electron chi connectivity index (χ4n) is 2.05. The van der Waals surface area contributed by atoms with Crippen LogP contribution in [-0.2, 0) is 10.7 Å². The molecule has 0 amide bonds. The number of carbonyl (C=O) groups is 1. The van der Waals surface area contributed by atoms with Crippen LogP contribution < -0.4 is 9.47 Å². The molecule has 2 aromatic rings. The molecule has 126 valence electrons.